The molecule has 0 aliphatic rings. The average molecular weight is 289 g/mol. The first-order valence-corrected chi connectivity index (χ1v) is 7.28. The Balaban J connectivity index is 1.94. The predicted octanol–water partition coefficient (Wildman–Crippen LogP) is 4.17. The van der Waals surface area contributed by atoms with Gasteiger partial charge in [-0.1, -0.05) is 18.2 Å². The summed E-state index contributed by atoms with van der Waals surface area (Å²) in [4.78, 5) is 12.4. The van der Waals surface area contributed by atoms with Crippen molar-refractivity contribution in [1.29, 1.82) is 0 Å². The molecule has 0 saturated carbocycles. The first-order valence-electron chi connectivity index (χ1n) is 6.30. The Morgan fingerprint density at radius 3 is 2.45 bits per heavy atom. The fourth-order valence-corrected chi connectivity index (χ4v) is 2.69. The second kappa shape index (κ2) is 6.57. The fourth-order valence-electron chi connectivity index (χ4n) is 1.95. The molecule has 0 aliphatic heterocycles. The highest BCUT2D eigenvalue weighted by molar-refractivity contribution is 8.00. The molecule has 0 radical (unpaired) electrons. The minimum absolute atomic E-state index is 0.136. The summed E-state index contributed by atoms with van der Waals surface area (Å²) >= 11 is 1.20. The van der Waals surface area contributed by atoms with E-state index in [9.17, 15) is 9.18 Å². The Morgan fingerprint density at radius 2 is 1.80 bits per heavy atom. The van der Waals surface area contributed by atoms with Crippen LogP contribution in [0.5, 0.6) is 0 Å². The molecule has 2 nitrogen and oxygen atoms in total. The van der Waals surface area contributed by atoms with Gasteiger partial charge in [0.25, 0.3) is 0 Å². The van der Waals surface area contributed by atoms with Crippen molar-refractivity contribution in [1.82, 2.24) is 0 Å². The maximum absolute atomic E-state index is 13.4. The fraction of sp³-hybridized carbons (Fsp3) is 0.188. The zero-order valence-electron chi connectivity index (χ0n) is 11.4. The van der Waals surface area contributed by atoms with Crippen molar-refractivity contribution in [2.75, 3.05) is 11.1 Å². The SMILES string of the molecule is Cc1cc(C)cc(NC(=O)CSc2ccccc2F)c1. The molecule has 0 atom stereocenters. The van der Waals surface area contributed by atoms with Crippen LogP contribution in [0.4, 0.5) is 10.1 Å². The molecule has 0 aliphatic carbocycles. The van der Waals surface area contributed by atoms with Crippen molar-refractivity contribution in [2.24, 2.45) is 0 Å². The molecule has 2 aromatic carbocycles. The molecule has 0 heterocycles. The third-order valence-corrected chi connectivity index (χ3v) is 3.75. The van der Waals surface area contributed by atoms with Crippen LogP contribution in [0.2, 0.25) is 0 Å². The summed E-state index contributed by atoms with van der Waals surface area (Å²) in [5.41, 5.74) is 2.98. The van der Waals surface area contributed by atoms with Gasteiger partial charge in [0.1, 0.15) is 5.82 Å². The van der Waals surface area contributed by atoms with Crippen LogP contribution in [0.3, 0.4) is 0 Å². The van der Waals surface area contributed by atoms with Crippen LogP contribution in [0, 0.1) is 19.7 Å². The van der Waals surface area contributed by atoms with E-state index in [0.29, 0.717) is 4.90 Å². The molecule has 0 spiro atoms. The molecule has 0 saturated heterocycles. The summed E-state index contributed by atoms with van der Waals surface area (Å²) in [5, 5.41) is 2.83. The van der Waals surface area contributed by atoms with E-state index in [4.69, 9.17) is 0 Å². The lowest BCUT2D eigenvalue weighted by atomic mass is 10.1. The van der Waals surface area contributed by atoms with Crippen LogP contribution < -0.4 is 5.32 Å². The van der Waals surface area contributed by atoms with E-state index in [0.717, 1.165) is 16.8 Å². The summed E-state index contributed by atoms with van der Waals surface area (Å²) in [6.45, 7) is 3.97. The van der Waals surface area contributed by atoms with Crippen molar-refractivity contribution in [3.8, 4) is 0 Å². The summed E-state index contributed by atoms with van der Waals surface area (Å²) in [7, 11) is 0. The molecule has 2 aromatic rings. The van der Waals surface area contributed by atoms with Crippen molar-refractivity contribution in [3.63, 3.8) is 0 Å². The van der Waals surface area contributed by atoms with Crippen LogP contribution in [0.15, 0.2) is 47.4 Å². The quantitative estimate of drug-likeness (QED) is 0.856. The monoisotopic (exact) mass is 289 g/mol. The molecule has 104 valence electrons. The van der Waals surface area contributed by atoms with Crippen LogP contribution in [0.1, 0.15) is 11.1 Å². The number of halogens is 1. The van der Waals surface area contributed by atoms with Crippen molar-refractivity contribution in [3.05, 3.63) is 59.4 Å². The van der Waals surface area contributed by atoms with Gasteiger partial charge in [0.2, 0.25) is 5.91 Å². The van der Waals surface area contributed by atoms with Gasteiger partial charge in [-0.3, -0.25) is 4.79 Å². The number of aryl methyl sites for hydroxylation is 2. The highest BCUT2D eigenvalue weighted by atomic mass is 32.2. The molecule has 1 amide bonds. The van der Waals surface area contributed by atoms with Crippen molar-refractivity contribution >= 4 is 23.4 Å². The normalized spacial score (nSPS) is 10.3. The minimum Gasteiger partial charge on any atom is -0.325 e. The number of thioether (sulfide) groups is 1. The van der Waals surface area contributed by atoms with Gasteiger partial charge in [0, 0.05) is 10.6 Å². The molecule has 0 fully saturated rings. The lowest BCUT2D eigenvalue weighted by Gasteiger charge is -2.07. The second-order valence-electron chi connectivity index (χ2n) is 4.64. The minimum atomic E-state index is -0.295. The van der Waals surface area contributed by atoms with Crippen LogP contribution >= 0.6 is 11.8 Å². The van der Waals surface area contributed by atoms with Gasteiger partial charge in [0.05, 0.1) is 5.75 Å². The molecule has 0 bridgehead atoms. The van der Waals surface area contributed by atoms with Gasteiger partial charge in [-0.2, -0.15) is 0 Å². The topological polar surface area (TPSA) is 29.1 Å². The Morgan fingerprint density at radius 1 is 1.15 bits per heavy atom. The van der Waals surface area contributed by atoms with E-state index in [2.05, 4.69) is 5.32 Å². The van der Waals surface area contributed by atoms with E-state index in [-0.39, 0.29) is 17.5 Å². The number of nitrogens with one attached hydrogen (secondary N) is 1. The van der Waals surface area contributed by atoms with Crippen LogP contribution in [-0.4, -0.2) is 11.7 Å². The second-order valence-corrected chi connectivity index (χ2v) is 5.66. The van der Waals surface area contributed by atoms with Crippen molar-refractivity contribution in [2.45, 2.75) is 18.7 Å². The summed E-state index contributed by atoms with van der Waals surface area (Å²) < 4.78 is 13.4. The van der Waals surface area contributed by atoms with Crippen LogP contribution in [-0.2, 0) is 4.79 Å². The first kappa shape index (κ1) is 14.6. The number of hydrogen-bond acceptors (Lipinski definition) is 2. The van der Waals surface area contributed by atoms with Gasteiger partial charge < -0.3 is 5.32 Å². The van der Waals surface area contributed by atoms with Gasteiger partial charge >= 0.3 is 0 Å². The lowest BCUT2D eigenvalue weighted by Crippen LogP contribution is -2.14. The lowest BCUT2D eigenvalue weighted by molar-refractivity contribution is -0.113. The third kappa shape index (κ3) is 4.10. The Bertz CT molecular complexity index is 607. The Hall–Kier alpha value is -1.81. The van der Waals surface area contributed by atoms with Gasteiger partial charge in [0.15, 0.2) is 0 Å². The average Bonchev–Trinajstić information content (AvgIpc) is 2.36. The molecule has 0 unspecified atom stereocenters. The number of benzene rings is 2. The molecule has 2 rings (SSSR count). The standard InChI is InChI=1S/C16H16FNOS/c1-11-7-12(2)9-13(8-11)18-16(19)10-20-15-6-4-3-5-14(15)17/h3-9H,10H2,1-2H3,(H,18,19). The Labute approximate surface area is 122 Å². The number of rotatable bonds is 4. The van der Waals surface area contributed by atoms with E-state index < -0.39 is 0 Å². The molecule has 20 heavy (non-hydrogen) atoms. The number of hydrogen-bond donors (Lipinski definition) is 1. The van der Waals surface area contributed by atoms with Gasteiger partial charge in [-0.25, -0.2) is 4.39 Å². The van der Waals surface area contributed by atoms with E-state index in [1.165, 1.54) is 17.8 Å². The molecule has 0 aromatic heterocycles. The maximum atomic E-state index is 13.4. The number of amides is 1. The van der Waals surface area contributed by atoms with Gasteiger partial charge in [-0.05, 0) is 49.2 Å². The zero-order chi connectivity index (χ0) is 14.5. The smallest absolute Gasteiger partial charge is 0.234 e. The summed E-state index contributed by atoms with van der Waals surface area (Å²) in [6, 6.07) is 12.3. The van der Waals surface area contributed by atoms with Crippen molar-refractivity contribution < 1.29 is 9.18 Å². The predicted molar refractivity (Wildman–Crippen MR) is 81.7 cm³/mol. The largest absolute Gasteiger partial charge is 0.325 e. The van der Waals surface area contributed by atoms with E-state index >= 15 is 0 Å². The molecule has 4 heteroatoms. The molecule has 1 N–H and O–H groups in total. The maximum Gasteiger partial charge on any atom is 0.234 e. The highest BCUT2D eigenvalue weighted by Crippen LogP contribution is 2.21. The highest BCUT2D eigenvalue weighted by Gasteiger charge is 2.07. The van der Waals surface area contributed by atoms with E-state index in [1.54, 1.807) is 18.2 Å². The molecular formula is C16H16FNOS. The third-order valence-electron chi connectivity index (χ3n) is 2.70. The van der Waals surface area contributed by atoms with Gasteiger partial charge in [-0.15, -0.1) is 11.8 Å². The summed E-state index contributed by atoms with van der Waals surface area (Å²) in [5.74, 6) is -0.242. The zero-order valence-corrected chi connectivity index (χ0v) is 12.3. The number of carbonyl (C=O) groups excluding carboxylic acids is 1. The first-order chi connectivity index (χ1) is 9.54. The Kier molecular flexibility index (Phi) is 4.79. The number of anilines is 1. The summed E-state index contributed by atoms with van der Waals surface area (Å²) in [6.07, 6.45) is 0. The molecular weight excluding hydrogens is 273 g/mol. The van der Waals surface area contributed by atoms with E-state index in [1.807, 2.05) is 32.0 Å². The van der Waals surface area contributed by atoms with Crippen LogP contribution in [0.25, 0.3) is 0 Å². The number of carbonyl (C=O) groups is 1.